The lowest BCUT2D eigenvalue weighted by Gasteiger charge is -2.05. The van der Waals surface area contributed by atoms with Gasteiger partial charge in [0, 0.05) is 5.92 Å². The van der Waals surface area contributed by atoms with Crippen LogP contribution in [-0.4, -0.2) is 17.0 Å². The fourth-order valence-electron chi connectivity index (χ4n) is 2.61. The smallest absolute Gasteiger partial charge is 0.338 e. The first kappa shape index (κ1) is 13.1. The number of carboxylic acids is 1. The number of nitrogens with one attached hydrogen (secondary N) is 1. The maximum absolute atomic E-state index is 12.2. The highest BCUT2D eigenvalue weighted by atomic mass is 32.1. The lowest BCUT2D eigenvalue weighted by atomic mass is 10.0. The lowest BCUT2D eigenvalue weighted by Crippen LogP contribution is -2.18. The number of carbonyl (C=O) groups is 2. The molecule has 5 heteroatoms. The molecule has 18 heavy (non-hydrogen) atoms. The third-order valence-electron chi connectivity index (χ3n) is 4.42. The lowest BCUT2D eigenvalue weighted by molar-refractivity contribution is -0.118. The topological polar surface area (TPSA) is 66.4 Å². The molecule has 0 aromatic carbocycles. The van der Waals surface area contributed by atoms with Crippen molar-refractivity contribution in [3.8, 4) is 0 Å². The Balaban J connectivity index is 2.15. The molecule has 2 N–H and O–H groups in total. The van der Waals surface area contributed by atoms with Crippen molar-refractivity contribution in [2.75, 3.05) is 5.32 Å². The molecule has 1 heterocycles. The van der Waals surface area contributed by atoms with Crippen molar-refractivity contribution in [1.82, 2.24) is 0 Å². The molecule has 1 saturated carbocycles. The molecule has 0 atom stereocenters. The van der Waals surface area contributed by atoms with Gasteiger partial charge in [-0.3, -0.25) is 4.79 Å². The van der Waals surface area contributed by atoms with Crippen LogP contribution >= 0.6 is 11.3 Å². The van der Waals surface area contributed by atoms with Crippen LogP contribution in [0.1, 0.15) is 38.1 Å². The van der Waals surface area contributed by atoms with Crippen LogP contribution in [0, 0.1) is 16.7 Å². The molecule has 2 rings (SSSR count). The number of hydrogen-bond donors (Lipinski definition) is 2. The minimum absolute atomic E-state index is 0.0439. The zero-order chi connectivity index (χ0) is 13.7. The maximum atomic E-state index is 12.2. The van der Waals surface area contributed by atoms with E-state index in [9.17, 15) is 9.59 Å². The summed E-state index contributed by atoms with van der Waals surface area (Å²) in [6.07, 6.45) is 0. The number of thiophene rings is 1. The van der Waals surface area contributed by atoms with Gasteiger partial charge in [-0.25, -0.2) is 4.79 Å². The predicted molar refractivity (Wildman–Crippen MR) is 71.0 cm³/mol. The molecule has 1 aromatic rings. The van der Waals surface area contributed by atoms with E-state index < -0.39 is 5.97 Å². The van der Waals surface area contributed by atoms with Crippen LogP contribution in [0.5, 0.6) is 0 Å². The summed E-state index contributed by atoms with van der Waals surface area (Å²) in [7, 11) is 0. The highest BCUT2D eigenvalue weighted by Crippen LogP contribution is 2.68. The Morgan fingerprint density at radius 3 is 2.28 bits per heavy atom. The van der Waals surface area contributed by atoms with E-state index in [0.717, 1.165) is 0 Å². The van der Waals surface area contributed by atoms with Crippen LogP contribution in [0.15, 0.2) is 11.4 Å². The van der Waals surface area contributed by atoms with E-state index in [0.29, 0.717) is 5.00 Å². The number of hydrogen-bond acceptors (Lipinski definition) is 3. The largest absolute Gasteiger partial charge is 0.478 e. The van der Waals surface area contributed by atoms with Gasteiger partial charge in [0.2, 0.25) is 5.91 Å². The molecule has 98 valence electrons. The predicted octanol–water partition coefficient (Wildman–Crippen LogP) is 3.07. The number of amides is 1. The summed E-state index contributed by atoms with van der Waals surface area (Å²) in [5.74, 6) is -1.18. The molecule has 0 radical (unpaired) electrons. The molecule has 1 amide bonds. The molecule has 0 saturated heterocycles. The standard InChI is InChI=1S/C13H17NO3S/c1-12(2)8(13(12,3)4)9(15)14-10-7(11(16)17)5-6-18-10/h5-6,8H,1-4H3,(H,14,15)(H,16,17). The van der Waals surface area contributed by atoms with E-state index in [-0.39, 0.29) is 28.2 Å². The molecule has 1 aliphatic carbocycles. The summed E-state index contributed by atoms with van der Waals surface area (Å²) in [6.45, 7) is 8.24. The summed E-state index contributed by atoms with van der Waals surface area (Å²) >= 11 is 1.24. The molecule has 1 aromatic heterocycles. The SMILES string of the molecule is CC1(C)C(C(=O)Nc2sccc2C(=O)O)C1(C)C. The first-order valence-electron chi connectivity index (χ1n) is 5.81. The van der Waals surface area contributed by atoms with Gasteiger partial charge in [-0.05, 0) is 22.3 Å². The number of anilines is 1. The summed E-state index contributed by atoms with van der Waals surface area (Å²) in [5.41, 5.74) is 0.0692. The van der Waals surface area contributed by atoms with Gasteiger partial charge in [0.15, 0.2) is 0 Å². The highest BCUT2D eigenvalue weighted by molar-refractivity contribution is 7.14. The molecular formula is C13H17NO3S. The molecule has 0 bridgehead atoms. The van der Waals surface area contributed by atoms with Gasteiger partial charge >= 0.3 is 5.97 Å². The second kappa shape index (κ2) is 3.82. The minimum Gasteiger partial charge on any atom is -0.478 e. The molecule has 4 nitrogen and oxygen atoms in total. The van der Waals surface area contributed by atoms with Crippen molar-refractivity contribution < 1.29 is 14.7 Å². The molecule has 0 unspecified atom stereocenters. The summed E-state index contributed by atoms with van der Waals surface area (Å²) < 4.78 is 0. The first-order valence-corrected chi connectivity index (χ1v) is 6.69. The zero-order valence-electron chi connectivity index (χ0n) is 10.9. The fraction of sp³-hybridized carbons (Fsp3) is 0.538. The van der Waals surface area contributed by atoms with Crippen molar-refractivity contribution >= 4 is 28.2 Å². The molecule has 0 aliphatic heterocycles. The number of rotatable bonds is 3. The highest BCUT2D eigenvalue weighted by Gasteiger charge is 2.68. The Bertz CT molecular complexity index is 502. The average Bonchev–Trinajstić information content (AvgIpc) is 2.59. The molecule has 0 spiro atoms. The van der Waals surface area contributed by atoms with Crippen molar-refractivity contribution in [1.29, 1.82) is 0 Å². The number of carbonyl (C=O) groups excluding carboxylic acids is 1. The van der Waals surface area contributed by atoms with Crippen LogP contribution in [-0.2, 0) is 4.79 Å². The Hall–Kier alpha value is -1.36. The zero-order valence-corrected chi connectivity index (χ0v) is 11.7. The van der Waals surface area contributed by atoms with Gasteiger partial charge < -0.3 is 10.4 Å². The van der Waals surface area contributed by atoms with Crippen molar-refractivity contribution in [2.24, 2.45) is 16.7 Å². The molecular weight excluding hydrogens is 250 g/mol. The van der Waals surface area contributed by atoms with Gasteiger partial charge in [0.1, 0.15) is 5.00 Å². The fourth-order valence-corrected chi connectivity index (χ4v) is 3.39. The van der Waals surface area contributed by atoms with E-state index in [1.165, 1.54) is 17.4 Å². The van der Waals surface area contributed by atoms with Gasteiger partial charge in [-0.15, -0.1) is 11.3 Å². The van der Waals surface area contributed by atoms with Crippen molar-refractivity contribution in [3.63, 3.8) is 0 Å². The van der Waals surface area contributed by atoms with Gasteiger partial charge in [0.25, 0.3) is 0 Å². The maximum Gasteiger partial charge on any atom is 0.338 e. The second-order valence-electron chi connectivity index (χ2n) is 5.83. The third kappa shape index (κ3) is 1.73. The van der Waals surface area contributed by atoms with E-state index in [1.54, 1.807) is 5.38 Å². The minimum atomic E-state index is -1.01. The van der Waals surface area contributed by atoms with E-state index in [1.807, 2.05) is 0 Å². The summed E-state index contributed by atoms with van der Waals surface area (Å²) in [5, 5.41) is 13.8. The first-order chi connectivity index (χ1) is 8.19. The Kier molecular flexibility index (Phi) is 2.77. The molecule has 1 fully saturated rings. The van der Waals surface area contributed by atoms with Crippen LogP contribution < -0.4 is 5.32 Å². The van der Waals surface area contributed by atoms with E-state index in [4.69, 9.17) is 5.11 Å². The summed E-state index contributed by atoms with van der Waals surface area (Å²) in [4.78, 5) is 23.1. The van der Waals surface area contributed by atoms with Crippen molar-refractivity contribution in [3.05, 3.63) is 17.0 Å². The average molecular weight is 267 g/mol. The van der Waals surface area contributed by atoms with Crippen molar-refractivity contribution in [2.45, 2.75) is 27.7 Å². The van der Waals surface area contributed by atoms with Crippen LogP contribution in [0.2, 0.25) is 0 Å². The second-order valence-corrected chi connectivity index (χ2v) is 6.75. The van der Waals surface area contributed by atoms with E-state index >= 15 is 0 Å². The number of aromatic carboxylic acids is 1. The normalized spacial score (nSPS) is 20.4. The van der Waals surface area contributed by atoms with Crippen LogP contribution in [0.25, 0.3) is 0 Å². The number of carboxylic acid groups (broad SMARTS) is 1. The van der Waals surface area contributed by atoms with Gasteiger partial charge in [-0.1, -0.05) is 27.7 Å². The van der Waals surface area contributed by atoms with Gasteiger partial charge in [-0.2, -0.15) is 0 Å². The van der Waals surface area contributed by atoms with Crippen LogP contribution in [0.4, 0.5) is 5.00 Å². The third-order valence-corrected chi connectivity index (χ3v) is 5.25. The summed E-state index contributed by atoms with van der Waals surface area (Å²) in [6, 6.07) is 1.51. The van der Waals surface area contributed by atoms with E-state index in [2.05, 4.69) is 33.0 Å². The monoisotopic (exact) mass is 267 g/mol. The quantitative estimate of drug-likeness (QED) is 0.884. The Morgan fingerprint density at radius 2 is 1.83 bits per heavy atom. The Morgan fingerprint density at radius 1 is 1.28 bits per heavy atom. The molecule has 1 aliphatic rings. The Labute approximate surface area is 110 Å². The van der Waals surface area contributed by atoms with Gasteiger partial charge in [0.05, 0.1) is 5.56 Å². The van der Waals surface area contributed by atoms with Crippen LogP contribution in [0.3, 0.4) is 0 Å².